The second-order valence-electron chi connectivity index (χ2n) is 2.93. The van der Waals surface area contributed by atoms with E-state index < -0.39 is 6.03 Å². The van der Waals surface area contributed by atoms with Crippen LogP contribution in [0.1, 0.15) is 16.7 Å². The standard InChI is InChI=1S/C11H12.CH4N2O/c1-4-10-7-6-9(3)11(5-2)8-10;2-1(3)4/h4-8H,1-2H2,3H3;(H4,2,3,4). The van der Waals surface area contributed by atoms with Gasteiger partial charge in [-0.1, -0.05) is 37.4 Å². The highest BCUT2D eigenvalue weighted by Crippen LogP contribution is 2.12. The molecular formula is C12H16N2O. The summed E-state index contributed by atoms with van der Waals surface area (Å²) in [5.41, 5.74) is 12.1. The van der Waals surface area contributed by atoms with E-state index in [2.05, 4.69) is 49.7 Å². The van der Waals surface area contributed by atoms with Gasteiger partial charge in [-0.2, -0.15) is 0 Å². The highest BCUT2D eigenvalue weighted by Gasteiger charge is 1.92. The van der Waals surface area contributed by atoms with Gasteiger partial charge in [-0.25, -0.2) is 4.79 Å². The number of carbonyl (C=O) groups excluding carboxylic acids is 1. The van der Waals surface area contributed by atoms with Crippen molar-refractivity contribution in [2.24, 2.45) is 11.5 Å². The Labute approximate surface area is 90.1 Å². The third-order valence-corrected chi connectivity index (χ3v) is 1.76. The van der Waals surface area contributed by atoms with Crippen LogP contribution in [0.2, 0.25) is 0 Å². The maximum absolute atomic E-state index is 9.00. The number of hydrogen-bond donors (Lipinski definition) is 2. The maximum Gasteiger partial charge on any atom is 0.309 e. The molecule has 0 aliphatic rings. The van der Waals surface area contributed by atoms with Crippen LogP contribution in [-0.2, 0) is 0 Å². The number of carbonyl (C=O) groups is 1. The molecule has 2 amide bonds. The number of hydrogen-bond acceptors (Lipinski definition) is 1. The zero-order chi connectivity index (χ0) is 11.8. The second-order valence-corrected chi connectivity index (χ2v) is 2.93. The summed E-state index contributed by atoms with van der Waals surface area (Å²) in [4.78, 5) is 9.00. The van der Waals surface area contributed by atoms with Gasteiger partial charge in [-0.05, 0) is 29.7 Å². The van der Waals surface area contributed by atoms with Crippen molar-refractivity contribution in [1.82, 2.24) is 0 Å². The largest absolute Gasteiger partial charge is 0.352 e. The highest BCUT2D eigenvalue weighted by atomic mass is 16.2. The van der Waals surface area contributed by atoms with Gasteiger partial charge in [-0.15, -0.1) is 0 Å². The van der Waals surface area contributed by atoms with Crippen molar-refractivity contribution in [2.75, 3.05) is 0 Å². The predicted molar refractivity (Wildman–Crippen MR) is 65.1 cm³/mol. The molecule has 3 heteroatoms. The Morgan fingerprint density at radius 3 is 2.20 bits per heavy atom. The van der Waals surface area contributed by atoms with Crippen molar-refractivity contribution in [2.45, 2.75) is 6.92 Å². The summed E-state index contributed by atoms with van der Waals surface area (Å²) >= 11 is 0. The van der Waals surface area contributed by atoms with Gasteiger partial charge in [0.1, 0.15) is 0 Å². The van der Waals surface area contributed by atoms with Gasteiger partial charge in [0, 0.05) is 0 Å². The van der Waals surface area contributed by atoms with Crippen molar-refractivity contribution in [1.29, 1.82) is 0 Å². The third-order valence-electron chi connectivity index (χ3n) is 1.76. The fourth-order valence-electron chi connectivity index (χ4n) is 1.01. The number of nitrogens with two attached hydrogens (primary N) is 2. The third kappa shape index (κ3) is 5.31. The molecule has 0 aliphatic heterocycles. The van der Waals surface area contributed by atoms with E-state index in [0.29, 0.717) is 0 Å². The minimum absolute atomic E-state index is 0.833. The minimum atomic E-state index is -0.833. The Bertz CT molecular complexity index is 366. The van der Waals surface area contributed by atoms with Crippen LogP contribution in [0.3, 0.4) is 0 Å². The number of primary amides is 2. The average Bonchev–Trinajstić information content (AvgIpc) is 2.18. The van der Waals surface area contributed by atoms with Crippen molar-refractivity contribution in [3.63, 3.8) is 0 Å². The topological polar surface area (TPSA) is 69.1 Å². The van der Waals surface area contributed by atoms with Gasteiger partial charge in [0.05, 0.1) is 0 Å². The summed E-state index contributed by atoms with van der Waals surface area (Å²) in [6, 6.07) is 5.37. The molecule has 80 valence electrons. The molecule has 0 saturated heterocycles. The fraction of sp³-hybridized carbons (Fsp3) is 0.0833. The Morgan fingerprint density at radius 2 is 1.80 bits per heavy atom. The van der Waals surface area contributed by atoms with E-state index in [1.165, 1.54) is 11.1 Å². The quantitative estimate of drug-likeness (QED) is 0.762. The van der Waals surface area contributed by atoms with E-state index >= 15 is 0 Å². The van der Waals surface area contributed by atoms with Gasteiger partial charge in [0.2, 0.25) is 0 Å². The lowest BCUT2D eigenvalue weighted by Gasteiger charge is -2.00. The van der Waals surface area contributed by atoms with Crippen molar-refractivity contribution in [3.05, 3.63) is 48.0 Å². The summed E-state index contributed by atoms with van der Waals surface area (Å²) in [5.74, 6) is 0. The molecule has 0 saturated carbocycles. The monoisotopic (exact) mass is 204 g/mol. The molecule has 1 aromatic rings. The zero-order valence-electron chi connectivity index (χ0n) is 8.86. The molecule has 4 N–H and O–H groups in total. The first-order valence-corrected chi connectivity index (χ1v) is 4.41. The van der Waals surface area contributed by atoms with Crippen molar-refractivity contribution >= 4 is 18.2 Å². The van der Waals surface area contributed by atoms with Crippen LogP contribution >= 0.6 is 0 Å². The van der Waals surface area contributed by atoms with Crippen LogP contribution in [0, 0.1) is 6.92 Å². The molecule has 1 rings (SSSR count). The lowest BCUT2D eigenvalue weighted by atomic mass is 10.1. The van der Waals surface area contributed by atoms with E-state index in [0.717, 1.165) is 5.56 Å². The van der Waals surface area contributed by atoms with Crippen LogP contribution in [-0.4, -0.2) is 6.03 Å². The van der Waals surface area contributed by atoms with Crippen LogP contribution < -0.4 is 11.5 Å². The minimum Gasteiger partial charge on any atom is -0.352 e. The zero-order valence-corrected chi connectivity index (χ0v) is 8.86. The molecule has 0 bridgehead atoms. The number of rotatable bonds is 2. The predicted octanol–water partition coefficient (Wildman–Crippen LogP) is 2.30. The van der Waals surface area contributed by atoms with E-state index in [4.69, 9.17) is 4.79 Å². The van der Waals surface area contributed by atoms with Gasteiger partial charge in [0.15, 0.2) is 0 Å². The van der Waals surface area contributed by atoms with Crippen molar-refractivity contribution in [3.8, 4) is 0 Å². The number of benzene rings is 1. The maximum atomic E-state index is 9.00. The number of urea groups is 1. The van der Waals surface area contributed by atoms with E-state index in [1.54, 1.807) is 0 Å². The normalized spacial score (nSPS) is 8.33. The Balaban J connectivity index is 0.000000423. The van der Waals surface area contributed by atoms with Crippen molar-refractivity contribution < 1.29 is 4.79 Å². The molecule has 0 aromatic heterocycles. The molecular weight excluding hydrogens is 188 g/mol. The highest BCUT2D eigenvalue weighted by molar-refractivity contribution is 5.69. The first-order chi connectivity index (χ1) is 7.01. The smallest absolute Gasteiger partial charge is 0.309 e. The number of amides is 2. The summed E-state index contributed by atoms with van der Waals surface area (Å²) < 4.78 is 0. The Morgan fingerprint density at radius 1 is 1.27 bits per heavy atom. The summed E-state index contributed by atoms with van der Waals surface area (Å²) in [6.45, 7) is 9.51. The number of aryl methyl sites for hydroxylation is 1. The molecule has 15 heavy (non-hydrogen) atoms. The molecule has 0 heterocycles. The molecule has 0 spiro atoms. The first kappa shape index (κ1) is 13.0. The average molecular weight is 204 g/mol. The summed E-state index contributed by atoms with van der Waals surface area (Å²) in [6.07, 6.45) is 3.70. The fourth-order valence-corrected chi connectivity index (χ4v) is 1.01. The first-order valence-electron chi connectivity index (χ1n) is 4.41. The Kier molecular flexibility index (Phi) is 5.56. The van der Waals surface area contributed by atoms with Gasteiger partial charge in [-0.3, -0.25) is 0 Å². The van der Waals surface area contributed by atoms with Gasteiger partial charge < -0.3 is 11.5 Å². The SMILES string of the molecule is C=Cc1ccc(C)c(C=C)c1.NC(N)=O. The molecule has 0 unspecified atom stereocenters. The van der Waals surface area contributed by atoms with Crippen LogP contribution in [0.4, 0.5) is 4.79 Å². The summed E-state index contributed by atoms with van der Waals surface area (Å²) in [7, 11) is 0. The van der Waals surface area contributed by atoms with Crippen LogP contribution in [0.15, 0.2) is 31.4 Å². The van der Waals surface area contributed by atoms with Crippen LogP contribution in [0.5, 0.6) is 0 Å². The molecule has 0 fully saturated rings. The molecule has 3 nitrogen and oxygen atoms in total. The van der Waals surface area contributed by atoms with E-state index in [-0.39, 0.29) is 0 Å². The summed E-state index contributed by atoms with van der Waals surface area (Å²) in [5, 5.41) is 0. The van der Waals surface area contributed by atoms with Gasteiger partial charge in [0.25, 0.3) is 0 Å². The van der Waals surface area contributed by atoms with E-state index in [1.807, 2.05) is 12.2 Å². The van der Waals surface area contributed by atoms with Gasteiger partial charge >= 0.3 is 6.03 Å². The lowest BCUT2D eigenvalue weighted by molar-refractivity contribution is 0.256. The molecule has 0 atom stereocenters. The van der Waals surface area contributed by atoms with E-state index in [9.17, 15) is 0 Å². The molecule has 0 radical (unpaired) electrons. The second kappa shape index (κ2) is 6.43. The van der Waals surface area contributed by atoms with Crippen LogP contribution in [0.25, 0.3) is 12.2 Å². The lowest BCUT2D eigenvalue weighted by Crippen LogP contribution is -2.18. The molecule has 1 aromatic carbocycles. The Hall–Kier alpha value is -2.03. The molecule has 0 aliphatic carbocycles.